The molecule has 90 valence electrons. The standard InChI is InChI=1S/C15H13NOS/c1-3-7-12(8-4-1)14-11-17-15(18-14)16-13-9-5-2-6-10-13/h1-10,14H,11H2. The van der Waals surface area contributed by atoms with Crippen LogP contribution in [-0.2, 0) is 4.74 Å². The van der Waals surface area contributed by atoms with Gasteiger partial charge in [0.2, 0.25) is 0 Å². The van der Waals surface area contributed by atoms with Crippen molar-refractivity contribution in [3.63, 3.8) is 0 Å². The highest BCUT2D eigenvalue weighted by Gasteiger charge is 2.24. The maximum absolute atomic E-state index is 5.64. The van der Waals surface area contributed by atoms with Crippen LogP contribution in [0.15, 0.2) is 65.7 Å². The molecule has 1 aliphatic rings. The summed E-state index contributed by atoms with van der Waals surface area (Å²) < 4.78 is 5.64. The Morgan fingerprint density at radius 2 is 1.61 bits per heavy atom. The fraction of sp³-hybridized carbons (Fsp3) is 0.133. The van der Waals surface area contributed by atoms with Crippen LogP contribution in [0.25, 0.3) is 0 Å². The first-order valence-electron chi connectivity index (χ1n) is 5.90. The van der Waals surface area contributed by atoms with Crippen molar-refractivity contribution in [2.45, 2.75) is 5.25 Å². The zero-order valence-electron chi connectivity index (χ0n) is 9.82. The van der Waals surface area contributed by atoms with Crippen molar-refractivity contribution in [1.29, 1.82) is 0 Å². The van der Waals surface area contributed by atoms with Crippen molar-refractivity contribution >= 4 is 22.7 Å². The van der Waals surface area contributed by atoms with Gasteiger partial charge in [0.05, 0.1) is 10.9 Å². The zero-order chi connectivity index (χ0) is 12.2. The Morgan fingerprint density at radius 1 is 0.944 bits per heavy atom. The van der Waals surface area contributed by atoms with Gasteiger partial charge in [0.15, 0.2) is 0 Å². The SMILES string of the molecule is c1ccc(N=C2OCC(c3ccccc3)S2)cc1. The lowest BCUT2D eigenvalue weighted by molar-refractivity contribution is 0.329. The lowest BCUT2D eigenvalue weighted by atomic mass is 10.2. The fourth-order valence-electron chi connectivity index (χ4n) is 1.84. The third-order valence-corrected chi connectivity index (χ3v) is 3.85. The van der Waals surface area contributed by atoms with E-state index < -0.39 is 0 Å². The Morgan fingerprint density at radius 3 is 2.33 bits per heavy atom. The predicted octanol–water partition coefficient (Wildman–Crippen LogP) is 4.18. The molecule has 1 aliphatic heterocycles. The molecule has 3 rings (SSSR count). The maximum atomic E-state index is 5.64. The summed E-state index contributed by atoms with van der Waals surface area (Å²) in [5.41, 5.74) is 2.23. The van der Waals surface area contributed by atoms with Crippen LogP contribution < -0.4 is 0 Å². The summed E-state index contributed by atoms with van der Waals surface area (Å²) >= 11 is 1.69. The van der Waals surface area contributed by atoms with Crippen molar-refractivity contribution in [1.82, 2.24) is 0 Å². The van der Waals surface area contributed by atoms with Crippen LogP contribution in [0.5, 0.6) is 0 Å². The van der Waals surface area contributed by atoms with Gasteiger partial charge in [-0.1, -0.05) is 60.3 Å². The van der Waals surface area contributed by atoms with E-state index in [0.29, 0.717) is 11.9 Å². The lowest BCUT2D eigenvalue weighted by Gasteiger charge is -2.03. The number of hydrogen-bond donors (Lipinski definition) is 0. The summed E-state index contributed by atoms with van der Waals surface area (Å²) in [4.78, 5) is 4.49. The second-order valence-corrected chi connectivity index (χ2v) is 5.20. The molecule has 1 unspecified atom stereocenters. The monoisotopic (exact) mass is 255 g/mol. The van der Waals surface area contributed by atoms with E-state index >= 15 is 0 Å². The summed E-state index contributed by atoms with van der Waals surface area (Å²) in [6.45, 7) is 0.695. The second-order valence-electron chi connectivity index (χ2n) is 4.04. The molecule has 0 spiro atoms. The Balaban J connectivity index is 1.74. The van der Waals surface area contributed by atoms with Crippen molar-refractivity contribution < 1.29 is 4.74 Å². The largest absolute Gasteiger partial charge is 0.471 e. The summed E-state index contributed by atoms with van der Waals surface area (Å²) in [6.07, 6.45) is 0. The Bertz CT molecular complexity index is 539. The molecule has 2 aromatic rings. The molecule has 0 radical (unpaired) electrons. The van der Waals surface area contributed by atoms with E-state index in [1.807, 2.05) is 36.4 Å². The molecular weight excluding hydrogens is 242 g/mol. The van der Waals surface area contributed by atoms with Gasteiger partial charge in [-0.2, -0.15) is 0 Å². The number of nitrogens with zero attached hydrogens (tertiary/aromatic N) is 1. The summed E-state index contributed by atoms with van der Waals surface area (Å²) in [5, 5.41) is 1.11. The number of aliphatic imine (C=N–C) groups is 1. The summed E-state index contributed by atoms with van der Waals surface area (Å²) in [7, 11) is 0. The third kappa shape index (κ3) is 2.57. The predicted molar refractivity (Wildman–Crippen MR) is 76.3 cm³/mol. The van der Waals surface area contributed by atoms with Gasteiger partial charge in [0.25, 0.3) is 5.23 Å². The molecule has 0 N–H and O–H groups in total. The van der Waals surface area contributed by atoms with Crippen molar-refractivity contribution in [2.24, 2.45) is 4.99 Å². The van der Waals surface area contributed by atoms with Crippen molar-refractivity contribution in [3.05, 3.63) is 66.2 Å². The quantitative estimate of drug-likeness (QED) is 0.803. The van der Waals surface area contributed by atoms with Crippen LogP contribution in [0.3, 0.4) is 0 Å². The molecule has 0 bridgehead atoms. The number of hydrogen-bond acceptors (Lipinski definition) is 3. The van der Waals surface area contributed by atoms with Gasteiger partial charge in [-0.25, -0.2) is 4.99 Å². The lowest BCUT2D eigenvalue weighted by Crippen LogP contribution is -1.93. The number of thioether (sulfide) groups is 1. The molecule has 0 aromatic heterocycles. The highest BCUT2D eigenvalue weighted by Crippen LogP contribution is 2.37. The number of para-hydroxylation sites is 1. The van der Waals surface area contributed by atoms with Crippen LogP contribution in [-0.4, -0.2) is 11.8 Å². The molecule has 2 nitrogen and oxygen atoms in total. The molecule has 3 heteroatoms. The van der Waals surface area contributed by atoms with E-state index in [9.17, 15) is 0 Å². The van der Waals surface area contributed by atoms with E-state index in [-0.39, 0.29) is 0 Å². The van der Waals surface area contributed by atoms with Crippen LogP contribution in [0, 0.1) is 0 Å². The average Bonchev–Trinajstić information content (AvgIpc) is 2.89. The first-order valence-corrected chi connectivity index (χ1v) is 6.78. The second kappa shape index (κ2) is 5.27. The minimum Gasteiger partial charge on any atom is -0.471 e. The smallest absolute Gasteiger partial charge is 0.251 e. The molecule has 0 amide bonds. The van der Waals surface area contributed by atoms with E-state index in [1.165, 1.54) is 5.56 Å². The number of benzene rings is 2. The van der Waals surface area contributed by atoms with Gasteiger partial charge in [-0.05, 0) is 17.7 Å². The van der Waals surface area contributed by atoms with Crippen LogP contribution in [0.2, 0.25) is 0 Å². The van der Waals surface area contributed by atoms with Crippen molar-refractivity contribution in [3.8, 4) is 0 Å². The topological polar surface area (TPSA) is 21.6 Å². The molecule has 1 heterocycles. The van der Waals surface area contributed by atoms with E-state index in [0.717, 1.165) is 10.9 Å². The summed E-state index contributed by atoms with van der Waals surface area (Å²) in [6, 6.07) is 20.3. The van der Waals surface area contributed by atoms with Gasteiger partial charge < -0.3 is 4.74 Å². The molecule has 1 saturated heterocycles. The minimum atomic E-state index is 0.355. The van der Waals surface area contributed by atoms with Crippen LogP contribution >= 0.6 is 11.8 Å². The van der Waals surface area contributed by atoms with Crippen LogP contribution in [0.1, 0.15) is 10.8 Å². The number of rotatable bonds is 2. The van der Waals surface area contributed by atoms with Gasteiger partial charge in [0, 0.05) is 0 Å². The molecule has 1 fully saturated rings. The van der Waals surface area contributed by atoms with Crippen LogP contribution in [0.4, 0.5) is 5.69 Å². The summed E-state index contributed by atoms with van der Waals surface area (Å²) in [5.74, 6) is 0. The highest BCUT2D eigenvalue weighted by molar-refractivity contribution is 8.14. The Hall–Kier alpha value is -1.74. The molecule has 18 heavy (non-hydrogen) atoms. The first-order chi connectivity index (χ1) is 8.92. The molecule has 0 saturated carbocycles. The molecule has 2 aromatic carbocycles. The Labute approximate surface area is 111 Å². The van der Waals surface area contributed by atoms with E-state index in [4.69, 9.17) is 4.74 Å². The fourth-order valence-corrected chi connectivity index (χ4v) is 2.80. The average molecular weight is 255 g/mol. The Kier molecular flexibility index (Phi) is 3.33. The zero-order valence-corrected chi connectivity index (χ0v) is 10.6. The van der Waals surface area contributed by atoms with Gasteiger partial charge >= 0.3 is 0 Å². The first kappa shape index (κ1) is 11.4. The van der Waals surface area contributed by atoms with E-state index in [1.54, 1.807) is 11.8 Å². The van der Waals surface area contributed by atoms with Gasteiger partial charge in [0.1, 0.15) is 6.61 Å². The molecular formula is C15H13NOS. The highest BCUT2D eigenvalue weighted by atomic mass is 32.2. The van der Waals surface area contributed by atoms with Crippen molar-refractivity contribution in [2.75, 3.05) is 6.61 Å². The number of ether oxygens (including phenoxy) is 1. The van der Waals surface area contributed by atoms with E-state index in [2.05, 4.69) is 29.3 Å². The molecule has 0 aliphatic carbocycles. The molecule has 1 atom stereocenters. The van der Waals surface area contributed by atoms with Gasteiger partial charge in [-0.15, -0.1) is 0 Å². The maximum Gasteiger partial charge on any atom is 0.251 e. The normalized spacial score (nSPS) is 20.9. The minimum absolute atomic E-state index is 0.355. The van der Waals surface area contributed by atoms with Gasteiger partial charge in [-0.3, -0.25) is 0 Å². The third-order valence-electron chi connectivity index (χ3n) is 2.75.